The average Bonchev–Trinajstić information content (AvgIpc) is 3.14. The summed E-state index contributed by atoms with van der Waals surface area (Å²) in [5.74, 6) is -0.406. The van der Waals surface area contributed by atoms with Crippen LogP contribution in [0.3, 0.4) is 0 Å². The first-order valence-electron chi connectivity index (χ1n) is 9.46. The molecule has 1 aromatic carbocycles. The Morgan fingerprint density at radius 1 is 1.32 bits per heavy atom. The number of rotatable bonds is 4. The van der Waals surface area contributed by atoms with E-state index in [0.717, 1.165) is 11.6 Å². The maximum atomic E-state index is 13.3. The van der Waals surface area contributed by atoms with Gasteiger partial charge in [0.25, 0.3) is 0 Å². The highest BCUT2D eigenvalue weighted by molar-refractivity contribution is 5.73. The number of ether oxygens (including phenoxy) is 1. The number of hydrogen-bond donors (Lipinski definition) is 1. The highest BCUT2D eigenvalue weighted by Gasteiger charge is 2.36. The predicted octanol–water partition coefficient (Wildman–Crippen LogP) is 3.31. The van der Waals surface area contributed by atoms with Gasteiger partial charge in [0.2, 0.25) is 0 Å². The number of carbonyl (C=O) groups is 1. The number of halogens is 3. The van der Waals surface area contributed by atoms with E-state index in [9.17, 15) is 18.0 Å². The number of alkyl halides is 3. The molecule has 2 fully saturated rings. The molecule has 0 bridgehead atoms. The van der Waals surface area contributed by atoms with E-state index in [1.54, 1.807) is 6.07 Å². The number of hydrogen-bond acceptors (Lipinski definition) is 5. The first-order chi connectivity index (χ1) is 13.3. The summed E-state index contributed by atoms with van der Waals surface area (Å²) < 4.78 is 44.8. The summed E-state index contributed by atoms with van der Waals surface area (Å²) in [5, 5.41) is 12.3. The fourth-order valence-electron chi connectivity index (χ4n) is 4.26. The lowest BCUT2D eigenvalue weighted by molar-refractivity contribution is -0.146. The number of nitrogens with zero attached hydrogens (tertiary/aromatic N) is 2. The molecule has 0 saturated carbocycles. The van der Waals surface area contributed by atoms with E-state index < -0.39 is 11.7 Å². The molecule has 0 aromatic heterocycles. The van der Waals surface area contributed by atoms with Gasteiger partial charge in [0, 0.05) is 37.7 Å². The van der Waals surface area contributed by atoms with Gasteiger partial charge in [-0.3, -0.25) is 4.79 Å². The minimum absolute atomic E-state index is 0.00438. The molecule has 1 aromatic rings. The predicted molar refractivity (Wildman–Crippen MR) is 97.7 cm³/mol. The van der Waals surface area contributed by atoms with Crippen molar-refractivity contribution in [2.24, 2.45) is 11.8 Å². The molecular weight excluding hydrogens is 371 g/mol. The van der Waals surface area contributed by atoms with E-state index in [-0.39, 0.29) is 23.7 Å². The summed E-state index contributed by atoms with van der Waals surface area (Å²) in [6.07, 6.45) is -2.96. The molecule has 2 atom stereocenters. The SMILES string of the molecule is COC(=O)C1CCN(c2cc(C(F)(F)F)ccc2[C@H]2CNC[C@@H]2CC#N)CC1. The van der Waals surface area contributed by atoms with Gasteiger partial charge >= 0.3 is 12.1 Å². The summed E-state index contributed by atoms with van der Waals surface area (Å²) >= 11 is 0. The van der Waals surface area contributed by atoms with Crippen molar-refractivity contribution in [2.45, 2.75) is 31.4 Å². The number of nitrogens with one attached hydrogen (secondary N) is 1. The second-order valence-electron chi connectivity index (χ2n) is 7.44. The molecular formula is C20H24F3N3O2. The van der Waals surface area contributed by atoms with Crippen LogP contribution in [-0.2, 0) is 15.7 Å². The molecule has 152 valence electrons. The molecule has 5 nitrogen and oxygen atoms in total. The molecule has 8 heteroatoms. The van der Waals surface area contributed by atoms with Gasteiger partial charge in [-0.25, -0.2) is 0 Å². The Hall–Kier alpha value is -2.27. The summed E-state index contributed by atoms with van der Waals surface area (Å²) in [6.45, 7) is 2.32. The smallest absolute Gasteiger partial charge is 0.416 e. The zero-order valence-corrected chi connectivity index (χ0v) is 15.8. The van der Waals surface area contributed by atoms with Crippen molar-refractivity contribution in [3.8, 4) is 6.07 Å². The Kier molecular flexibility index (Phi) is 6.14. The molecule has 0 radical (unpaired) electrons. The minimum atomic E-state index is -4.42. The van der Waals surface area contributed by atoms with Crippen molar-refractivity contribution in [3.63, 3.8) is 0 Å². The number of piperidine rings is 1. The van der Waals surface area contributed by atoms with Gasteiger partial charge in [-0.05, 0) is 43.0 Å². The van der Waals surface area contributed by atoms with Gasteiger partial charge in [0.15, 0.2) is 0 Å². The lowest BCUT2D eigenvalue weighted by atomic mass is 9.84. The van der Waals surface area contributed by atoms with Crippen LogP contribution >= 0.6 is 0 Å². The standard InChI is InChI=1S/C20H24F3N3O2/c1-28-19(27)13-5-8-26(9-6-13)18-10-15(20(21,22)23)2-3-16(18)17-12-25-11-14(17)4-7-24/h2-3,10,13-14,17,25H,4-6,8-9,11-12H2,1H3/t14-,17-/m0/s1. The maximum Gasteiger partial charge on any atom is 0.416 e. The quantitative estimate of drug-likeness (QED) is 0.793. The molecule has 2 saturated heterocycles. The molecule has 2 aliphatic heterocycles. The fourth-order valence-corrected chi connectivity index (χ4v) is 4.26. The van der Waals surface area contributed by atoms with Crippen molar-refractivity contribution in [1.29, 1.82) is 5.26 Å². The van der Waals surface area contributed by atoms with E-state index in [0.29, 0.717) is 51.1 Å². The Balaban J connectivity index is 1.91. The van der Waals surface area contributed by atoms with E-state index in [2.05, 4.69) is 11.4 Å². The van der Waals surface area contributed by atoms with Gasteiger partial charge in [0.1, 0.15) is 0 Å². The number of methoxy groups -OCH3 is 1. The highest BCUT2D eigenvalue weighted by Crippen LogP contribution is 2.41. The summed E-state index contributed by atoms with van der Waals surface area (Å²) in [7, 11) is 1.35. The van der Waals surface area contributed by atoms with Crippen LogP contribution in [0, 0.1) is 23.2 Å². The zero-order valence-electron chi connectivity index (χ0n) is 15.8. The Bertz CT molecular complexity index is 752. The number of nitriles is 1. The van der Waals surface area contributed by atoms with Crippen LogP contribution in [0.4, 0.5) is 18.9 Å². The van der Waals surface area contributed by atoms with Gasteiger partial charge in [-0.2, -0.15) is 18.4 Å². The van der Waals surface area contributed by atoms with Crippen LogP contribution in [0.5, 0.6) is 0 Å². The van der Waals surface area contributed by atoms with Gasteiger partial charge in [0.05, 0.1) is 24.7 Å². The average molecular weight is 395 g/mol. The van der Waals surface area contributed by atoms with E-state index in [1.165, 1.54) is 13.2 Å². The largest absolute Gasteiger partial charge is 0.469 e. The molecule has 0 aliphatic carbocycles. The minimum Gasteiger partial charge on any atom is -0.469 e. The van der Waals surface area contributed by atoms with Crippen LogP contribution in [0.2, 0.25) is 0 Å². The molecule has 2 aliphatic rings. The van der Waals surface area contributed by atoms with Crippen molar-refractivity contribution in [1.82, 2.24) is 5.32 Å². The monoisotopic (exact) mass is 395 g/mol. The third-order valence-electron chi connectivity index (χ3n) is 5.82. The van der Waals surface area contributed by atoms with Crippen LogP contribution in [-0.4, -0.2) is 39.3 Å². The lowest BCUT2D eigenvalue weighted by Gasteiger charge is -2.35. The summed E-state index contributed by atoms with van der Waals surface area (Å²) in [4.78, 5) is 13.7. The van der Waals surface area contributed by atoms with E-state index in [1.807, 2.05) is 4.90 Å². The maximum absolute atomic E-state index is 13.3. The topological polar surface area (TPSA) is 65.4 Å². The number of benzene rings is 1. The van der Waals surface area contributed by atoms with E-state index in [4.69, 9.17) is 10.00 Å². The first kappa shape index (κ1) is 20.5. The van der Waals surface area contributed by atoms with Crippen molar-refractivity contribution >= 4 is 11.7 Å². The zero-order chi connectivity index (χ0) is 20.3. The summed E-state index contributed by atoms with van der Waals surface area (Å²) in [5.41, 5.74) is 0.730. The highest BCUT2D eigenvalue weighted by atomic mass is 19.4. The van der Waals surface area contributed by atoms with Crippen LogP contribution in [0.1, 0.15) is 36.3 Å². The van der Waals surface area contributed by atoms with Gasteiger partial charge < -0.3 is 15.0 Å². The molecule has 0 amide bonds. The van der Waals surface area contributed by atoms with Crippen molar-refractivity contribution < 1.29 is 22.7 Å². The Labute approximate surface area is 162 Å². The number of esters is 1. The first-order valence-corrected chi connectivity index (χ1v) is 9.46. The van der Waals surface area contributed by atoms with E-state index >= 15 is 0 Å². The molecule has 28 heavy (non-hydrogen) atoms. The lowest BCUT2D eigenvalue weighted by Crippen LogP contribution is -2.37. The van der Waals surface area contributed by atoms with Crippen LogP contribution in [0.25, 0.3) is 0 Å². The molecule has 2 heterocycles. The third kappa shape index (κ3) is 4.25. The third-order valence-corrected chi connectivity index (χ3v) is 5.82. The van der Waals surface area contributed by atoms with Crippen molar-refractivity contribution in [3.05, 3.63) is 29.3 Å². The normalized spacial score (nSPS) is 23.5. The van der Waals surface area contributed by atoms with Crippen molar-refractivity contribution in [2.75, 3.05) is 38.2 Å². The van der Waals surface area contributed by atoms with Crippen LogP contribution in [0.15, 0.2) is 18.2 Å². The van der Waals surface area contributed by atoms with Crippen LogP contribution < -0.4 is 10.2 Å². The molecule has 3 rings (SSSR count). The summed E-state index contributed by atoms with van der Waals surface area (Å²) in [6, 6.07) is 6.09. The molecule has 0 unspecified atom stereocenters. The number of anilines is 1. The van der Waals surface area contributed by atoms with Gasteiger partial charge in [-0.1, -0.05) is 6.07 Å². The Morgan fingerprint density at radius 3 is 2.64 bits per heavy atom. The molecule has 0 spiro atoms. The molecule has 1 N–H and O–H groups in total. The number of carbonyl (C=O) groups excluding carboxylic acids is 1. The Morgan fingerprint density at radius 2 is 2.04 bits per heavy atom. The van der Waals surface area contributed by atoms with Gasteiger partial charge in [-0.15, -0.1) is 0 Å². The second kappa shape index (κ2) is 8.39. The second-order valence-corrected chi connectivity index (χ2v) is 7.44. The fraction of sp³-hybridized carbons (Fsp3) is 0.600.